The molecule has 0 spiro atoms. The number of amides is 1. The number of carbonyl (C=O) groups is 1. The maximum Gasteiger partial charge on any atom is 0.234 e. The van der Waals surface area contributed by atoms with Crippen molar-refractivity contribution in [1.82, 2.24) is 5.32 Å². The summed E-state index contributed by atoms with van der Waals surface area (Å²) in [4.78, 5) is 11.6. The van der Waals surface area contributed by atoms with E-state index >= 15 is 0 Å². The predicted molar refractivity (Wildman–Crippen MR) is 78.0 cm³/mol. The van der Waals surface area contributed by atoms with Crippen LogP contribution in [0.1, 0.15) is 32.6 Å². The van der Waals surface area contributed by atoms with Gasteiger partial charge in [0.05, 0.1) is 18.7 Å². The zero-order valence-electron chi connectivity index (χ0n) is 12.2. The highest BCUT2D eigenvalue weighted by Crippen LogP contribution is 2.31. The summed E-state index contributed by atoms with van der Waals surface area (Å²) in [5, 5.41) is 11.4. The Hall–Kier alpha value is -2.22. The number of para-hydroxylation sites is 2. The number of rotatable bonds is 6. The monoisotopic (exact) mass is 288 g/mol. The molecule has 1 N–H and O–H groups in total. The molecule has 1 aromatic rings. The molecule has 0 aliphatic heterocycles. The lowest BCUT2D eigenvalue weighted by Crippen LogP contribution is -2.42. The highest BCUT2D eigenvalue weighted by Gasteiger charge is 2.30. The first kappa shape index (κ1) is 15.2. The molecule has 5 nitrogen and oxygen atoms in total. The van der Waals surface area contributed by atoms with Gasteiger partial charge in [0.15, 0.2) is 11.5 Å². The van der Waals surface area contributed by atoms with E-state index < -0.39 is 0 Å². The Balaban J connectivity index is 2.01. The Morgan fingerprint density at radius 2 is 2.14 bits per heavy atom. The first-order valence-corrected chi connectivity index (χ1v) is 7.29. The highest BCUT2D eigenvalue weighted by molar-refractivity contribution is 5.78. The molecule has 1 amide bonds. The van der Waals surface area contributed by atoms with Gasteiger partial charge < -0.3 is 14.8 Å². The maximum atomic E-state index is 11.6. The smallest absolute Gasteiger partial charge is 0.234 e. The van der Waals surface area contributed by atoms with Crippen molar-refractivity contribution >= 4 is 5.91 Å². The highest BCUT2D eigenvalue weighted by atomic mass is 16.5. The zero-order valence-corrected chi connectivity index (χ0v) is 12.2. The third kappa shape index (κ3) is 4.12. The van der Waals surface area contributed by atoms with Crippen LogP contribution in [-0.2, 0) is 4.79 Å². The molecule has 0 unspecified atom stereocenters. The van der Waals surface area contributed by atoms with Crippen LogP contribution in [0.15, 0.2) is 24.3 Å². The fourth-order valence-corrected chi connectivity index (χ4v) is 2.55. The number of carbonyl (C=O) groups excluding carboxylic acids is 1. The number of benzene rings is 1. The van der Waals surface area contributed by atoms with E-state index in [2.05, 4.69) is 5.32 Å². The van der Waals surface area contributed by atoms with E-state index in [-0.39, 0.29) is 24.5 Å². The molecule has 21 heavy (non-hydrogen) atoms. The Kier molecular flexibility index (Phi) is 5.44. The van der Waals surface area contributed by atoms with E-state index in [9.17, 15) is 4.79 Å². The second kappa shape index (κ2) is 7.53. The van der Waals surface area contributed by atoms with Crippen molar-refractivity contribution in [2.24, 2.45) is 0 Å². The van der Waals surface area contributed by atoms with Crippen LogP contribution in [-0.4, -0.2) is 24.7 Å². The van der Waals surface area contributed by atoms with Crippen molar-refractivity contribution in [3.05, 3.63) is 24.3 Å². The number of hydrogen-bond acceptors (Lipinski definition) is 4. The zero-order chi connectivity index (χ0) is 15.1. The molecule has 112 valence electrons. The summed E-state index contributed by atoms with van der Waals surface area (Å²) in [6, 6.07) is 9.36. The van der Waals surface area contributed by atoms with Gasteiger partial charge in [-0.15, -0.1) is 0 Å². The predicted octanol–water partition coefficient (Wildman–Crippen LogP) is 2.42. The minimum absolute atomic E-state index is 0.0412. The van der Waals surface area contributed by atoms with Crippen molar-refractivity contribution < 1.29 is 14.3 Å². The van der Waals surface area contributed by atoms with Gasteiger partial charge in [-0.1, -0.05) is 12.1 Å². The SMILES string of the molecule is CCOc1ccccc1O[C@H]1CCC[C@@H]1NC(=O)CC#N. The first-order chi connectivity index (χ1) is 10.2. The summed E-state index contributed by atoms with van der Waals surface area (Å²) in [6.45, 7) is 2.50. The molecule has 1 fully saturated rings. The van der Waals surface area contributed by atoms with Gasteiger partial charge in [-0.25, -0.2) is 0 Å². The molecular weight excluding hydrogens is 268 g/mol. The van der Waals surface area contributed by atoms with Crippen LogP contribution in [0.3, 0.4) is 0 Å². The molecule has 2 atom stereocenters. The molecule has 0 aromatic heterocycles. The second-order valence-corrected chi connectivity index (χ2v) is 4.98. The van der Waals surface area contributed by atoms with E-state index in [1.54, 1.807) is 0 Å². The Bertz CT molecular complexity index is 524. The van der Waals surface area contributed by atoms with Gasteiger partial charge in [-0.2, -0.15) is 5.26 Å². The number of ether oxygens (including phenoxy) is 2. The molecule has 1 aromatic carbocycles. The number of nitrogens with one attached hydrogen (secondary N) is 1. The fourth-order valence-electron chi connectivity index (χ4n) is 2.55. The van der Waals surface area contributed by atoms with Crippen LogP contribution in [0, 0.1) is 11.3 Å². The van der Waals surface area contributed by atoms with Gasteiger partial charge in [0.25, 0.3) is 0 Å². The molecule has 0 radical (unpaired) electrons. The number of hydrogen-bond donors (Lipinski definition) is 1. The Labute approximate surface area is 124 Å². The summed E-state index contributed by atoms with van der Waals surface area (Å²) in [5.74, 6) is 1.18. The molecule has 0 saturated heterocycles. The van der Waals surface area contributed by atoms with Crippen LogP contribution < -0.4 is 14.8 Å². The van der Waals surface area contributed by atoms with Crippen LogP contribution in [0.5, 0.6) is 11.5 Å². The van der Waals surface area contributed by atoms with E-state index in [0.717, 1.165) is 19.3 Å². The van der Waals surface area contributed by atoms with Gasteiger partial charge in [0.1, 0.15) is 12.5 Å². The van der Waals surface area contributed by atoms with Gasteiger partial charge in [0.2, 0.25) is 5.91 Å². The third-order valence-corrected chi connectivity index (χ3v) is 3.47. The Morgan fingerprint density at radius 1 is 1.38 bits per heavy atom. The molecule has 5 heteroatoms. The summed E-state index contributed by atoms with van der Waals surface area (Å²) < 4.78 is 11.6. The molecule has 0 bridgehead atoms. The third-order valence-electron chi connectivity index (χ3n) is 3.47. The van der Waals surface area contributed by atoms with Crippen molar-refractivity contribution in [2.45, 2.75) is 44.8 Å². The topological polar surface area (TPSA) is 71.3 Å². The van der Waals surface area contributed by atoms with Gasteiger partial charge in [-0.3, -0.25) is 4.79 Å². The maximum absolute atomic E-state index is 11.6. The average molecular weight is 288 g/mol. The largest absolute Gasteiger partial charge is 0.490 e. The van der Waals surface area contributed by atoms with Gasteiger partial charge >= 0.3 is 0 Å². The molecule has 1 aliphatic rings. The second-order valence-electron chi connectivity index (χ2n) is 4.98. The molecule has 0 heterocycles. The summed E-state index contributed by atoms with van der Waals surface area (Å²) in [6.07, 6.45) is 2.57. The van der Waals surface area contributed by atoms with Crippen LogP contribution in [0.25, 0.3) is 0 Å². The summed E-state index contributed by atoms with van der Waals surface area (Å²) in [5.41, 5.74) is 0. The average Bonchev–Trinajstić information content (AvgIpc) is 2.89. The number of nitrogens with zero attached hydrogens (tertiary/aromatic N) is 1. The lowest BCUT2D eigenvalue weighted by Gasteiger charge is -2.23. The van der Waals surface area contributed by atoms with Crippen LogP contribution in [0.4, 0.5) is 0 Å². The molecule has 2 rings (SSSR count). The summed E-state index contributed by atoms with van der Waals surface area (Å²) >= 11 is 0. The summed E-state index contributed by atoms with van der Waals surface area (Å²) in [7, 11) is 0. The minimum Gasteiger partial charge on any atom is -0.490 e. The fraction of sp³-hybridized carbons (Fsp3) is 0.500. The normalized spacial score (nSPS) is 20.6. The van der Waals surface area contributed by atoms with Crippen molar-refractivity contribution in [2.75, 3.05) is 6.61 Å². The molecule has 1 aliphatic carbocycles. The van der Waals surface area contributed by atoms with Crippen LogP contribution >= 0.6 is 0 Å². The standard InChI is InChI=1S/C16H20N2O3/c1-2-20-14-7-3-4-8-15(14)21-13-9-5-6-12(13)18-16(19)10-11-17/h3-4,7-8,12-13H,2,5-6,9-10H2,1H3,(H,18,19)/t12-,13-/m0/s1. The van der Waals surface area contributed by atoms with Crippen molar-refractivity contribution in [1.29, 1.82) is 5.26 Å². The minimum atomic E-state index is -0.240. The first-order valence-electron chi connectivity index (χ1n) is 7.29. The Morgan fingerprint density at radius 3 is 2.86 bits per heavy atom. The lowest BCUT2D eigenvalue weighted by molar-refractivity contribution is -0.121. The van der Waals surface area contributed by atoms with Crippen LogP contribution in [0.2, 0.25) is 0 Å². The quantitative estimate of drug-likeness (QED) is 0.872. The number of nitriles is 1. The molecule has 1 saturated carbocycles. The molecular formula is C16H20N2O3. The van der Waals surface area contributed by atoms with Gasteiger partial charge in [-0.05, 0) is 38.3 Å². The lowest BCUT2D eigenvalue weighted by atomic mass is 10.2. The van der Waals surface area contributed by atoms with Crippen molar-refractivity contribution in [3.63, 3.8) is 0 Å². The van der Waals surface area contributed by atoms with E-state index in [0.29, 0.717) is 18.1 Å². The van der Waals surface area contributed by atoms with Gasteiger partial charge in [0, 0.05) is 0 Å². The van der Waals surface area contributed by atoms with E-state index in [1.165, 1.54) is 0 Å². The van der Waals surface area contributed by atoms with E-state index in [4.69, 9.17) is 14.7 Å². The van der Waals surface area contributed by atoms with E-state index in [1.807, 2.05) is 37.3 Å². The van der Waals surface area contributed by atoms with Crippen molar-refractivity contribution in [3.8, 4) is 17.6 Å².